The quantitative estimate of drug-likeness (QED) is 0.512. The molecule has 1 N–H and O–H groups in total. The summed E-state index contributed by atoms with van der Waals surface area (Å²) in [6, 6.07) is 0. The van der Waals surface area contributed by atoms with Gasteiger partial charge in [0.15, 0.2) is 8.32 Å². The lowest BCUT2D eigenvalue weighted by Gasteiger charge is -2.63. The van der Waals surface area contributed by atoms with E-state index in [1.165, 1.54) is 0 Å². The number of carbonyl (C=O) groups excluding carboxylic acids is 2. The minimum Gasteiger partial charge on any atom is -0.444 e. The van der Waals surface area contributed by atoms with Crippen molar-refractivity contribution in [1.82, 2.24) is 4.90 Å². The Hall–Kier alpha value is -0.923. The molecule has 4 saturated carbocycles. The smallest absolute Gasteiger partial charge is 0.410 e. The van der Waals surface area contributed by atoms with E-state index in [4.69, 9.17) is 9.16 Å². The third-order valence-electron chi connectivity index (χ3n) is 9.99. The average Bonchev–Trinajstić information content (AvgIpc) is 2.85. The first-order chi connectivity index (χ1) is 15.5. The number of aliphatic hydroxyl groups excluding tert-OH is 1. The number of ether oxygens (including phenoxy) is 1. The molecule has 6 nitrogen and oxygen atoms in total. The minimum atomic E-state index is -2.21. The van der Waals surface area contributed by atoms with Crippen molar-refractivity contribution in [3.8, 4) is 0 Å². The van der Waals surface area contributed by atoms with Crippen LogP contribution in [0, 0.1) is 22.7 Å². The zero-order chi connectivity index (χ0) is 25.3. The fraction of sp³-hybridized carbons (Fsp3) is 0.926. The van der Waals surface area contributed by atoms with Gasteiger partial charge in [0.05, 0.1) is 17.6 Å². The Labute approximate surface area is 207 Å². The molecule has 1 heterocycles. The van der Waals surface area contributed by atoms with Crippen molar-refractivity contribution in [2.24, 2.45) is 22.7 Å². The predicted octanol–water partition coefficient (Wildman–Crippen LogP) is 5.53. The van der Waals surface area contributed by atoms with Crippen LogP contribution < -0.4 is 0 Å². The summed E-state index contributed by atoms with van der Waals surface area (Å²) in [5, 5.41) is 11.6. The van der Waals surface area contributed by atoms with Crippen LogP contribution >= 0.6 is 0 Å². The molecule has 5 aliphatic rings. The number of rotatable bonds is 2. The van der Waals surface area contributed by atoms with Crippen molar-refractivity contribution in [1.29, 1.82) is 0 Å². The lowest BCUT2D eigenvalue weighted by Crippen LogP contribution is -2.66. The van der Waals surface area contributed by atoms with Crippen LogP contribution in [0.2, 0.25) is 18.1 Å². The predicted molar refractivity (Wildman–Crippen MR) is 135 cm³/mol. The van der Waals surface area contributed by atoms with Gasteiger partial charge in [-0.1, -0.05) is 20.8 Å². The van der Waals surface area contributed by atoms with Crippen molar-refractivity contribution in [3.05, 3.63) is 0 Å². The van der Waals surface area contributed by atoms with E-state index in [1.54, 1.807) is 0 Å². The molecule has 4 bridgehead atoms. The second kappa shape index (κ2) is 8.30. The fourth-order valence-electron chi connectivity index (χ4n) is 7.62. The highest BCUT2D eigenvalue weighted by Crippen LogP contribution is 2.73. The van der Waals surface area contributed by atoms with E-state index in [1.807, 2.05) is 25.7 Å². The maximum Gasteiger partial charge on any atom is 0.410 e. The summed E-state index contributed by atoms with van der Waals surface area (Å²) >= 11 is 0. The van der Waals surface area contributed by atoms with Crippen molar-refractivity contribution in [2.75, 3.05) is 13.1 Å². The molecule has 5 fully saturated rings. The van der Waals surface area contributed by atoms with E-state index < -0.39 is 30.9 Å². The summed E-state index contributed by atoms with van der Waals surface area (Å²) in [5.74, 6) is 0.941. The van der Waals surface area contributed by atoms with Crippen LogP contribution in [-0.4, -0.2) is 61.1 Å². The van der Waals surface area contributed by atoms with E-state index in [2.05, 4.69) is 33.9 Å². The molecule has 0 aromatic rings. The number of nitrogens with zero attached hydrogens (tertiary/aromatic N) is 1. The Balaban J connectivity index is 1.76. The van der Waals surface area contributed by atoms with Crippen LogP contribution in [-0.2, 0) is 14.0 Å². The number of carbonyl (C=O) groups is 2. The van der Waals surface area contributed by atoms with Gasteiger partial charge >= 0.3 is 6.09 Å². The van der Waals surface area contributed by atoms with Gasteiger partial charge in [-0.3, -0.25) is 4.79 Å². The fourth-order valence-corrected chi connectivity index (χ4v) is 9.01. The minimum absolute atomic E-state index is 0.00738. The zero-order valence-corrected chi connectivity index (χ0v) is 23.7. The Morgan fingerprint density at radius 2 is 1.79 bits per heavy atom. The normalized spacial score (nSPS) is 38.7. The van der Waals surface area contributed by atoms with Crippen LogP contribution in [0.5, 0.6) is 0 Å². The van der Waals surface area contributed by atoms with Crippen LogP contribution in [0.25, 0.3) is 0 Å². The number of hydrogen-bond donors (Lipinski definition) is 1. The van der Waals surface area contributed by atoms with Gasteiger partial charge in [0.2, 0.25) is 0 Å². The number of amides is 1. The van der Waals surface area contributed by atoms with E-state index in [0.29, 0.717) is 37.6 Å². The number of Topliss-reactive ketones (excluding diaryl/α,β-unsaturated/α-hetero) is 1. The molecule has 7 heteroatoms. The van der Waals surface area contributed by atoms with Gasteiger partial charge in [-0.05, 0) is 89.3 Å². The summed E-state index contributed by atoms with van der Waals surface area (Å²) in [7, 11) is -2.21. The summed E-state index contributed by atoms with van der Waals surface area (Å²) in [6.45, 7) is 18.0. The summed E-state index contributed by atoms with van der Waals surface area (Å²) in [6.07, 6.45) is 4.41. The molecule has 0 aromatic carbocycles. The highest BCUT2D eigenvalue weighted by molar-refractivity contribution is 6.74. The van der Waals surface area contributed by atoms with Crippen LogP contribution in [0.4, 0.5) is 4.79 Å². The van der Waals surface area contributed by atoms with Gasteiger partial charge in [0.25, 0.3) is 0 Å². The maximum atomic E-state index is 14.0. The molecule has 34 heavy (non-hydrogen) atoms. The number of fused-ring (bicyclic) bond motifs is 1. The molecule has 0 aromatic heterocycles. The molecule has 1 amide bonds. The maximum absolute atomic E-state index is 14.0. The molecule has 1 saturated heterocycles. The van der Waals surface area contributed by atoms with Crippen molar-refractivity contribution < 1.29 is 23.9 Å². The van der Waals surface area contributed by atoms with E-state index >= 15 is 0 Å². The Bertz CT molecular complexity index is 830. The molecule has 4 aliphatic carbocycles. The van der Waals surface area contributed by atoms with Gasteiger partial charge in [-0.2, -0.15) is 0 Å². The monoisotopic (exact) mass is 493 g/mol. The van der Waals surface area contributed by atoms with Crippen molar-refractivity contribution in [3.63, 3.8) is 0 Å². The lowest BCUT2D eigenvalue weighted by atomic mass is 9.43. The van der Waals surface area contributed by atoms with E-state index in [0.717, 1.165) is 32.1 Å². The molecular weight excluding hydrogens is 446 g/mol. The molecule has 0 radical (unpaired) electrons. The topological polar surface area (TPSA) is 76.1 Å². The standard InChI is InChI=1S/C27H47NO5Si/c1-24(2,3)32-23(31)28-12-9-11-26-19-14-18(15-20(26)29)17-27(26,21(30)16-19)22(10-13-28)33-34(7,8)25(4,5)6/h18-20,22,29H,9-17H2,1-8H3/t18-,19+,20-,22+,26?,27-/m1/s1. The molecule has 1 spiro atoms. The van der Waals surface area contributed by atoms with E-state index in [9.17, 15) is 14.7 Å². The first-order valence-corrected chi connectivity index (χ1v) is 16.3. The van der Waals surface area contributed by atoms with Crippen LogP contribution in [0.1, 0.15) is 86.5 Å². The van der Waals surface area contributed by atoms with Crippen molar-refractivity contribution in [2.45, 2.75) is 122 Å². The molecule has 1 aliphatic heterocycles. The van der Waals surface area contributed by atoms with Crippen molar-refractivity contribution >= 4 is 20.2 Å². The molecule has 194 valence electrons. The largest absolute Gasteiger partial charge is 0.444 e. The second-order valence-corrected chi connectivity index (χ2v) is 18.9. The second-order valence-electron chi connectivity index (χ2n) is 14.1. The van der Waals surface area contributed by atoms with Gasteiger partial charge < -0.3 is 19.2 Å². The molecule has 6 atom stereocenters. The van der Waals surface area contributed by atoms with Crippen LogP contribution in [0.3, 0.4) is 0 Å². The average molecular weight is 494 g/mol. The number of ketones is 1. The SMILES string of the molecule is CC(C)(C)OC(=O)N1CCCC23[C@@H]4CC(=O)[C@]2(C[C@H](C4)C[C@H]3O)[C@@H](O[Si](C)(C)C(C)(C)C)CC1. The third-order valence-corrected chi connectivity index (χ3v) is 14.5. The lowest BCUT2D eigenvalue weighted by molar-refractivity contribution is -0.210. The molecular formula is C27H47NO5Si. The van der Waals surface area contributed by atoms with Gasteiger partial charge in [-0.15, -0.1) is 0 Å². The summed E-state index contributed by atoms with van der Waals surface area (Å²) < 4.78 is 12.9. The van der Waals surface area contributed by atoms with E-state index in [-0.39, 0.29) is 23.2 Å². The van der Waals surface area contributed by atoms with Gasteiger partial charge in [-0.25, -0.2) is 4.79 Å². The Morgan fingerprint density at radius 1 is 1.12 bits per heavy atom. The molecule has 5 rings (SSSR count). The Kier molecular flexibility index (Phi) is 6.39. The van der Waals surface area contributed by atoms with Crippen LogP contribution in [0.15, 0.2) is 0 Å². The zero-order valence-electron chi connectivity index (χ0n) is 22.7. The first kappa shape index (κ1) is 26.1. The number of hydrogen-bond acceptors (Lipinski definition) is 5. The molecule has 1 unspecified atom stereocenters. The van der Waals surface area contributed by atoms with Gasteiger partial charge in [0, 0.05) is 24.9 Å². The highest BCUT2D eigenvalue weighted by Gasteiger charge is 2.75. The first-order valence-electron chi connectivity index (χ1n) is 13.4. The van der Waals surface area contributed by atoms with Gasteiger partial charge in [0.1, 0.15) is 11.4 Å². The third kappa shape index (κ3) is 3.98. The summed E-state index contributed by atoms with van der Waals surface area (Å²) in [4.78, 5) is 28.9. The Morgan fingerprint density at radius 3 is 2.41 bits per heavy atom. The number of aliphatic hydroxyl groups is 1. The highest BCUT2D eigenvalue weighted by atomic mass is 28.4. The summed E-state index contributed by atoms with van der Waals surface area (Å²) in [5.41, 5.74) is -1.60.